The van der Waals surface area contributed by atoms with Crippen molar-refractivity contribution < 1.29 is 16.8 Å². The third-order valence-corrected chi connectivity index (χ3v) is 5.99. The third-order valence-electron chi connectivity index (χ3n) is 2.52. The van der Waals surface area contributed by atoms with E-state index in [1.807, 2.05) is 0 Å². The zero-order valence-electron chi connectivity index (χ0n) is 8.77. The van der Waals surface area contributed by atoms with Gasteiger partial charge in [-0.25, -0.2) is 16.8 Å². The predicted molar refractivity (Wildman–Crippen MR) is 59.4 cm³/mol. The zero-order valence-corrected chi connectivity index (χ0v) is 10.4. The van der Waals surface area contributed by atoms with Crippen LogP contribution < -0.4 is 5.32 Å². The molecule has 1 atom stereocenters. The van der Waals surface area contributed by atoms with E-state index >= 15 is 0 Å². The second kappa shape index (κ2) is 4.80. The zero-order chi connectivity index (χ0) is 11.5. The van der Waals surface area contributed by atoms with E-state index < -0.39 is 19.7 Å². The van der Waals surface area contributed by atoms with Gasteiger partial charge in [0.05, 0.1) is 17.3 Å². The van der Waals surface area contributed by atoms with E-state index in [4.69, 9.17) is 0 Å². The lowest BCUT2D eigenvalue weighted by Crippen LogP contribution is -2.34. The molecule has 7 heteroatoms. The smallest absolute Gasteiger partial charge is 0.151 e. The average Bonchev–Trinajstić information content (AvgIpc) is 2.45. The Morgan fingerprint density at radius 3 is 2.53 bits per heavy atom. The molecule has 0 aromatic rings. The summed E-state index contributed by atoms with van der Waals surface area (Å²) in [5, 5.41) is 2.97. The van der Waals surface area contributed by atoms with Gasteiger partial charge in [-0.2, -0.15) is 0 Å². The first kappa shape index (κ1) is 12.9. The summed E-state index contributed by atoms with van der Waals surface area (Å²) >= 11 is 0. The van der Waals surface area contributed by atoms with E-state index in [-0.39, 0.29) is 29.1 Å². The fraction of sp³-hybridized carbons (Fsp3) is 1.00. The molecule has 1 saturated heterocycles. The number of hydrogen-bond acceptors (Lipinski definition) is 5. The quantitative estimate of drug-likeness (QED) is 0.695. The van der Waals surface area contributed by atoms with E-state index in [9.17, 15) is 16.8 Å². The summed E-state index contributed by atoms with van der Waals surface area (Å²) in [7, 11) is -5.83. The first-order chi connectivity index (χ1) is 6.85. The highest BCUT2D eigenvalue weighted by Gasteiger charge is 2.27. The van der Waals surface area contributed by atoms with Crippen molar-refractivity contribution in [1.82, 2.24) is 5.32 Å². The van der Waals surface area contributed by atoms with Crippen LogP contribution in [-0.2, 0) is 19.7 Å². The number of sulfone groups is 2. The molecule has 1 aliphatic heterocycles. The van der Waals surface area contributed by atoms with Crippen LogP contribution in [0, 0.1) is 0 Å². The van der Waals surface area contributed by atoms with Gasteiger partial charge in [0.2, 0.25) is 0 Å². The van der Waals surface area contributed by atoms with E-state index in [0.717, 1.165) is 0 Å². The van der Waals surface area contributed by atoms with Crippen LogP contribution in [0.25, 0.3) is 0 Å². The minimum absolute atomic E-state index is 0.0675. The summed E-state index contributed by atoms with van der Waals surface area (Å²) in [6.07, 6.45) is 0.592. The standard InChI is InChI=1S/C8H17NO4S2/c1-2-14(10,11)6-4-9-8-3-5-15(12,13)7-8/h8-9H,2-7H2,1H3. The first-order valence-electron chi connectivity index (χ1n) is 4.99. The maximum absolute atomic E-state index is 11.1. The van der Waals surface area contributed by atoms with Crippen LogP contribution in [0.2, 0.25) is 0 Å². The van der Waals surface area contributed by atoms with Crippen molar-refractivity contribution in [3.05, 3.63) is 0 Å². The topological polar surface area (TPSA) is 80.3 Å². The lowest BCUT2D eigenvalue weighted by atomic mass is 10.3. The molecule has 0 aliphatic carbocycles. The Bertz CT molecular complexity index is 398. The largest absolute Gasteiger partial charge is 0.312 e. The fourth-order valence-corrected chi connectivity index (χ4v) is 3.94. The Labute approximate surface area is 91.1 Å². The van der Waals surface area contributed by atoms with Crippen molar-refractivity contribution in [2.24, 2.45) is 0 Å². The normalized spacial score (nSPS) is 25.5. The Hall–Kier alpha value is -0.140. The van der Waals surface area contributed by atoms with Gasteiger partial charge in [0.1, 0.15) is 0 Å². The molecule has 0 bridgehead atoms. The first-order valence-corrected chi connectivity index (χ1v) is 8.63. The summed E-state index contributed by atoms with van der Waals surface area (Å²) in [5.74, 6) is 0.571. The molecule has 0 radical (unpaired) electrons. The molecule has 0 aromatic heterocycles. The van der Waals surface area contributed by atoms with Gasteiger partial charge in [0.25, 0.3) is 0 Å². The van der Waals surface area contributed by atoms with Crippen molar-refractivity contribution in [2.45, 2.75) is 19.4 Å². The van der Waals surface area contributed by atoms with Gasteiger partial charge in [-0.05, 0) is 6.42 Å². The number of nitrogens with one attached hydrogen (secondary N) is 1. The van der Waals surface area contributed by atoms with Crippen LogP contribution in [0.1, 0.15) is 13.3 Å². The highest BCUT2D eigenvalue weighted by Crippen LogP contribution is 2.10. The molecule has 1 unspecified atom stereocenters. The van der Waals surface area contributed by atoms with Crippen LogP contribution in [0.15, 0.2) is 0 Å². The second-order valence-electron chi connectivity index (χ2n) is 3.79. The van der Waals surface area contributed by atoms with Gasteiger partial charge in [-0.1, -0.05) is 6.92 Å². The van der Waals surface area contributed by atoms with Crippen molar-refractivity contribution in [1.29, 1.82) is 0 Å². The fourth-order valence-electron chi connectivity index (χ4n) is 1.52. The molecule has 1 aliphatic rings. The molecule has 0 saturated carbocycles. The highest BCUT2D eigenvalue weighted by molar-refractivity contribution is 7.91. The maximum atomic E-state index is 11.1. The monoisotopic (exact) mass is 255 g/mol. The summed E-state index contributed by atoms with van der Waals surface area (Å²) in [5.41, 5.74) is 0. The van der Waals surface area contributed by atoms with Gasteiger partial charge in [0, 0.05) is 18.3 Å². The van der Waals surface area contributed by atoms with Crippen LogP contribution in [0.4, 0.5) is 0 Å². The second-order valence-corrected chi connectivity index (χ2v) is 8.49. The molecule has 1 heterocycles. The lowest BCUT2D eigenvalue weighted by Gasteiger charge is -2.09. The van der Waals surface area contributed by atoms with E-state index in [1.165, 1.54) is 0 Å². The van der Waals surface area contributed by atoms with Gasteiger partial charge >= 0.3 is 0 Å². The van der Waals surface area contributed by atoms with Gasteiger partial charge in [0.15, 0.2) is 19.7 Å². The van der Waals surface area contributed by atoms with E-state index in [0.29, 0.717) is 13.0 Å². The molecular weight excluding hydrogens is 238 g/mol. The van der Waals surface area contributed by atoms with Gasteiger partial charge in [-0.15, -0.1) is 0 Å². The summed E-state index contributed by atoms with van der Waals surface area (Å²) in [6.45, 7) is 1.95. The van der Waals surface area contributed by atoms with Crippen LogP contribution in [0.3, 0.4) is 0 Å². The number of rotatable bonds is 5. The predicted octanol–water partition coefficient (Wildman–Crippen LogP) is -0.802. The molecule has 90 valence electrons. The Balaban J connectivity index is 2.29. The average molecular weight is 255 g/mol. The Kier molecular flexibility index (Phi) is 4.13. The summed E-state index contributed by atoms with van der Waals surface area (Å²) in [4.78, 5) is 0. The SMILES string of the molecule is CCS(=O)(=O)CCNC1CCS(=O)(=O)C1. The van der Waals surface area contributed by atoms with Gasteiger partial charge < -0.3 is 5.32 Å². The summed E-state index contributed by atoms with van der Waals surface area (Å²) in [6, 6.07) is -0.0675. The van der Waals surface area contributed by atoms with Crippen LogP contribution in [-0.4, -0.2) is 52.4 Å². The molecule has 15 heavy (non-hydrogen) atoms. The summed E-state index contributed by atoms with van der Waals surface area (Å²) < 4.78 is 44.5. The van der Waals surface area contributed by atoms with Crippen LogP contribution >= 0.6 is 0 Å². The molecule has 5 nitrogen and oxygen atoms in total. The Morgan fingerprint density at radius 2 is 2.07 bits per heavy atom. The number of hydrogen-bond donors (Lipinski definition) is 1. The molecule has 1 fully saturated rings. The molecule has 0 spiro atoms. The van der Waals surface area contributed by atoms with Crippen LogP contribution in [0.5, 0.6) is 0 Å². The molecular formula is C8H17NO4S2. The molecule has 0 amide bonds. The highest BCUT2D eigenvalue weighted by atomic mass is 32.2. The lowest BCUT2D eigenvalue weighted by molar-refractivity contribution is 0.561. The van der Waals surface area contributed by atoms with Gasteiger partial charge in [-0.3, -0.25) is 0 Å². The van der Waals surface area contributed by atoms with Crippen molar-refractivity contribution >= 4 is 19.7 Å². The molecule has 1 N–H and O–H groups in total. The van der Waals surface area contributed by atoms with Crippen molar-refractivity contribution in [3.8, 4) is 0 Å². The van der Waals surface area contributed by atoms with Crippen molar-refractivity contribution in [3.63, 3.8) is 0 Å². The van der Waals surface area contributed by atoms with E-state index in [1.54, 1.807) is 6.92 Å². The third kappa shape index (κ3) is 4.48. The van der Waals surface area contributed by atoms with E-state index in [2.05, 4.69) is 5.32 Å². The molecule has 0 aromatic carbocycles. The minimum atomic E-state index is -2.95. The maximum Gasteiger partial charge on any atom is 0.151 e. The minimum Gasteiger partial charge on any atom is -0.312 e. The Morgan fingerprint density at radius 1 is 1.40 bits per heavy atom. The van der Waals surface area contributed by atoms with Crippen molar-refractivity contribution in [2.75, 3.05) is 29.6 Å². The molecule has 1 rings (SSSR count).